The first-order chi connectivity index (χ1) is 9.49. The van der Waals surface area contributed by atoms with Crippen molar-refractivity contribution in [3.63, 3.8) is 0 Å². The molecule has 5 nitrogen and oxygen atoms in total. The molecule has 0 amide bonds. The number of piperidine rings is 1. The molecule has 5 heteroatoms. The minimum atomic E-state index is -0.854. The highest BCUT2D eigenvalue weighted by molar-refractivity contribution is 5.79. The second-order valence-corrected chi connectivity index (χ2v) is 5.90. The van der Waals surface area contributed by atoms with Gasteiger partial charge in [0.25, 0.3) is 0 Å². The van der Waals surface area contributed by atoms with Crippen LogP contribution in [0, 0.1) is 0 Å². The van der Waals surface area contributed by atoms with Crippen LogP contribution in [0.25, 0.3) is 0 Å². The van der Waals surface area contributed by atoms with Crippen LogP contribution in [0.15, 0.2) is 0 Å². The number of nitrogens with two attached hydrogens (primary N) is 1. The van der Waals surface area contributed by atoms with Crippen molar-refractivity contribution in [2.24, 2.45) is 5.73 Å². The molecule has 0 aliphatic carbocycles. The lowest BCUT2D eigenvalue weighted by molar-refractivity contribution is -0.149. The number of carbonyl (C=O) groups is 1. The number of hydrogen-bond donors (Lipinski definition) is 1. The Kier molecular flexibility index (Phi) is 7.48. The molecule has 1 heterocycles. The number of nitrogens with zero attached hydrogens (tertiary/aromatic N) is 1. The lowest BCUT2D eigenvalue weighted by Gasteiger charge is -2.32. The Morgan fingerprint density at radius 2 is 2.20 bits per heavy atom. The normalized spacial score (nSPS) is 23.3. The summed E-state index contributed by atoms with van der Waals surface area (Å²) in [7, 11) is 1.79. The number of hydrogen-bond acceptors (Lipinski definition) is 5. The number of rotatable bonds is 8. The summed E-state index contributed by atoms with van der Waals surface area (Å²) in [4.78, 5) is 14.1. The largest absolute Gasteiger partial charge is 0.465 e. The van der Waals surface area contributed by atoms with Gasteiger partial charge in [0.2, 0.25) is 0 Å². The monoisotopic (exact) mass is 286 g/mol. The van der Waals surface area contributed by atoms with E-state index < -0.39 is 5.54 Å². The van der Waals surface area contributed by atoms with E-state index in [0.717, 1.165) is 38.9 Å². The Balaban J connectivity index is 2.19. The Bertz CT molecular complexity index is 295. The van der Waals surface area contributed by atoms with Crippen LogP contribution in [0.4, 0.5) is 0 Å². The molecule has 1 aliphatic rings. The summed E-state index contributed by atoms with van der Waals surface area (Å²) in [6.07, 6.45) is 5.42. The van der Waals surface area contributed by atoms with Gasteiger partial charge in [0.1, 0.15) is 5.54 Å². The average Bonchev–Trinajstić information content (AvgIpc) is 2.44. The van der Waals surface area contributed by atoms with Gasteiger partial charge in [-0.2, -0.15) is 0 Å². The summed E-state index contributed by atoms with van der Waals surface area (Å²) >= 11 is 0. The van der Waals surface area contributed by atoms with Gasteiger partial charge < -0.3 is 20.1 Å². The fourth-order valence-electron chi connectivity index (χ4n) is 2.63. The van der Waals surface area contributed by atoms with Gasteiger partial charge in [-0.15, -0.1) is 0 Å². The van der Waals surface area contributed by atoms with Crippen LogP contribution < -0.4 is 5.73 Å². The number of unbranched alkanes of at least 4 members (excludes halogenated alkanes) is 1. The molecule has 0 aromatic heterocycles. The summed E-state index contributed by atoms with van der Waals surface area (Å²) in [5.74, 6) is -0.294. The predicted molar refractivity (Wildman–Crippen MR) is 79.5 cm³/mol. The first-order valence-electron chi connectivity index (χ1n) is 7.71. The third-order valence-corrected chi connectivity index (χ3v) is 3.96. The summed E-state index contributed by atoms with van der Waals surface area (Å²) in [6.45, 7) is 7.17. The summed E-state index contributed by atoms with van der Waals surface area (Å²) in [6, 6.07) is 0. The van der Waals surface area contributed by atoms with Gasteiger partial charge in [0.05, 0.1) is 12.7 Å². The minimum Gasteiger partial charge on any atom is -0.465 e. The van der Waals surface area contributed by atoms with Crippen molar-refractivity contribution in [2.75, 3.05) is 33.4 Å². The van der Waals surface area contributed by atoms with E-state index in [9.17, 15) is 4.79 Å². The first-order valence-corrected chi connectivity index (χ1v) is 7.71. The zero-order valence-corrected chi connectivity index (χ0v) is 13.2. The van der Waals surface area contributed by atoms with E-state index in [1.54, 1.807) is 21.0 Å². The van der Waals surface area contributed by atoms with E-state index in [1.165, 1.54) is 6.42 Å². The smallest absolute Gasteiger partial charge is 0.325 e. The molecule has 0 bridgehead atoms. The van der Waals surface area contributed by atoms with Gasteiger partial charge in [-0.1, -0.05) is 0 Å². The third-order valence-electron chi connectivity index (χ3n) is 3.96. The molecule has 0 radical (unpaired) electrons. The minimum absolute atomic E-state index is 0.294. The number of likely N-dealkylation sites (tertiary alicyclic amines) is 1. The van der Waals surface area contributed by atoms with Crippen molar-refractivity contribution in [1.29, 1.82) is 0 Å². The number of esters is 1. The number of ether oxygens (including phenoxy) is 2. The molecular weight excluding hydrogens is 256 g/mol. The van der Waals surface area contributed by atoms with E-state index in [1.807, 2.05) is 0 Å². The quantitative estimate of drug-likeness (QED) is 0.542. The fourth-order valence-corrected chi connectivity index (χ4v) is 2.63. The second kappa shape index (κ2) is 8.60. The molecular formula is C15H30N2O3. The van der Waals surface area contributed by atoms with Gasteiger partial charge >= 0.3 is 5.97 Å². The molecule has 0 aromatic rings. The molecule has 20 heavy (non-hydrogen) atoms. The molecule has 118 valence electrons. The SMILES string of the molecule is CCOC(=O)C(C)(N)CCCCN1CCCC(OC)C1. The van der Waals surface area contributed by atoms with Crippen molar-refractivity contribution in [3.05, 3.63) is 0 Å². The number of carbonyl (C=O) groups excluding carboxylic acids is 1. The van der Waals surface area contributed by atoms with Gasteiger partial charge in [-0.3, -0.25) is 4.79 Å². The second-order valence-electron chi connectivity index (χ2n) is 5.90. The van der Waals surface area contributed by atoms with Crippen LogP contribution in [0.2, 0.25) is 0 Å². The van der Waals surface area contributed by atoms with Crippen LogP contribution in [-0.4, -0.2) is 55.9 Å². The van der Waals surface area contributed by atoms with E-state index >= 15 is 0 Å². The highest BCUT2D eigenvalue weighted by Crippen LogP contribution is 2.16. The zero-order valence-electron chi connectivity index (χ0n) is 13.2. The van der Waals surface area contributed by atoms with Crippen molar-refractivity contribution >= 4 is 5.97 Å². The molecule has 0 saturated carbocycles. The Morgan fingerprint density at radius 1 is 1.45 bits per heavy atom. The maximum absolute atomic E-state index is 11.7. The first kappa shape index (κ1) is 17.4. The highest BCUT2D eigenvalue weighted by atomic mass is 16.5. The Hall–Kier alpha value is -0.650. The molecule has 1 aliphatic heterocycles. The molecule has 0 spiro atoms. The summed E-state index contributed by atoms with van der Waals surface area (Å²) in [5, 5.41) is 0. The summed E-state index contributed by atoms with van der Waals surface area (Å²) in [5.41, 5.74) is 5.15. The number of methoxy groups -OCH3 is 1. The van der Waals surface area contributed by atoms with Gasteiger partial charge in [-0.25, -0.2) is 0 Å². The average molecular weight is 286 g/mol. The van der Waals surface area contributed by atoms with E-state index in [4.69, 9.17) is 15.2 Å². The Morgan fingerprint density at radius 3 is 2.85 bits per heavy atom. The van der Waals surface area contributed by atoms with Crippen molar-refractivity contribution in [3.8, 4) is 0 Å². The summed E-state index contributed by atoms with van der Waals surface area (Å²) < 4.78 is 10.4. The van der Waals surface area contributed by atoms with E-state index in [-0.39, 0.29) is 5.97 Å². The van der Waals surface area contributed by atoms with Gasteiger partial charge in [0.15, 0.2) is 0 Å². The lowest BCUT2D eigenvalue weighted by Crippen LogP contribution is -2.46. The van der Waals surface area contributed by atoms with Crippen molar-refractivity contribution < 1.29 is 14.3 Å². The maximum Gasteiger partial charge on any atom is 0.325 e. The van der Waals surface area contributed by atoms with Crippen LogP contribution >= 0.6 is 0 Å². The van der Waals surface area contributed by atoms with Crippen LogP contribution in [0.5, 0.6) is 0 Å². The highest BCUT2D eigenvalue weighted by Gasteiger charge is 2.29. The van der Waals surface area contributed by atoms with Crippen molar-refractivity contribution in [2.45, 2.75) is 57.6 Å². The zero-order chi connectivity index (χ0) is 15.0. The molecule has 1 rings (SSSR count). The molecule has 2 N–H and O–H groups in total. The van der Waals surface area contributed by atoms with Gasteiger partial charge in [0, 0.05) is 13.7 Å². The fraction of sp³-hybridized carbons (Fsp3) is 0.933. The van der Waals surface area contributed by atoms with E-state index in [0.29, 0.717) is 19.1 Å². The topological polar surface area (TPSA) is 64.8 Å². The Labute approximate surface area is 122 Å². The standard InChI is InChI=1S/C15H30N2O3/c1-4-20-14(18)15(2,16)9-5-6-10-17-11-7-8-13(12-17)19-3/h13H,4-12,16H2,1-3H3. The molecule has 2 atom stereocenters. The molecule has 1 saturated heterocycles. The van der Waals surface area contributed by atoms with Gasteiger partial charge in [-0.05, 0) is 59.0 Å². The lowest BCUT2D eigenvalue weighted by atomic mass is 9.96. The molecule has 1 fully saturated rings. The molecule has 0 aromatic carbocycles. The molecule has 2 unspecified atom stereocenters. The maximum atomic E-state index is 11.7. The predicted octanol–water partition coefficient (Wildman–Crippen LogP) is 1.55. The van der Waals surface area contributed by atoms with E-state index in [2.05, 4.69) is 4.90 Å². The van der Waals surface area contributed by atoms with Crippen LogP contribution in [0.1, 0.15) is 46.0 Å². The van der Waals surface area contributed by atoms with Crippen LogP contribution in [-0.2, 0) is 14.3 Å². The third kappa shape index (κ3) is 5.77. The van der Waals surface area contributed by atoms with Crippen LogP contribution in [0.3, 0.4) is 0 Å². The van der Waals surface area contributed by atoms with Crippen molar-refractivity contribution in [1.82, 2.24) is 4.90 Å².